The van der Waals surface area contributed by atoms with Crippen molar-refractivity contribution >= 4 is 11.8 Å². The Hall–Kier alpha value is -1.72. The van der Waals surface area contributed by atoms with E-state index in [9.17, 15) is 9.59 Å². The zero-order valence-electron chi connectivity index (χ0n) is 6.97. The molecule has 12 heavy (non-hydrogen) atoms. The third-order valence-electron chi connectivity index (χ3n) is 1.07. The number of rotatable bonds is 2. The first-order valence-corrected chi connectivity index (χ1v) is 3.24. The van der Waals surface area contributed by atoms with Crippen molar-refractivity contribution in [1.29, 1.82) is 0 Å². The van der Waals surface area contributed by atoms with E-state index < -0.39 is 5.91 Å². The fourth-order valence-electron chi connectivity index (χ4n) is 0.514. The lowest BCUT2D eigenvalue weighted by molar-refractivity contribution is -0.118. The van der Waals surface area contributed by atoms with E-state index in [1.165, 1.54) is 14.0 Å². The predicted octanol–water partition coefficient (Wildman–Crippen LogP) is -2.04. The van der Waals surface area contributed by atoms with Crippen molar-refractivity contribution in [3.8, 4) is 0 Å². The zero-order chi connectivity index (χ0) is 9.72. The molecule has 0 fully saturated rings. The Balaban J connectivity index is 4.46. The van der Waals surface area contributed by atoms with Gasteiger partial charge in [0.1, 0.15) is 11.5 Å². The van der Waals surface area contributed by atoms with Gasteiger partial charge in [0.15, 0.2) is 0 Å². The van der Waals surface area contributed by atoms with Crippen LogP contribution in [0.25, 0.3) is 0 Å². The molecule has 0 aliphatic carbocycles. The van der Waals surface area contributed by atoms with Gasteiger partial charge in [-0.25, -0.2) is 0 Å². The number of carbonyl (C=O) groups excluding carboxylic acids is 2. The van der Waals surface area contributed by atoms with Gasteiger partial charge in [-0.2, -0.15) is 0 Å². The molecule has 0 aromatic carbocycles. The molecular formula is C6H12N4O2. The Kier molecular flexibility index (Phi) is 3.61. The van der Waals surface area contributed by atoms with Crippen LogP contribution in [0.2, 0.25) is 0 Å². The molecule has 0 aliphatic heterocycles. The Morgan fingerprint density at radius 2 is 1.75 bits per heavy atom. The van der Waals surface area contributed by atoms with Crippen LogP contribution in [0.15, 0.2) is 11.5 Å². The molecular weight excluding hydrogens is 160 g/mol. The third-order valence-corrected chi connectivity index (χ3v) is 1.07. The van der Waals surface area contributed by atoms with E-state index in [1.807, 2.05) is 0 Å². The fraction of sp³-hybridized carbons (Fsp3) is 0.333. The van der Waals surface area contributed by atoms with E-state index in [1.54, 1.807) is 0 Å². The number of hydrogen-bond donors (Lipinski definition) is 4. The predicted molar refractivity (Wildman–Crippen MR) is 43.3 cm³/mol. The highest BCUT2D eigenvalue weighted by atomic mass is 16.2. The van der Waals surface area contributed by atoms with E-state index in [0.29, 0.717) is 0 Å². The molecule has 0 saturated heterocycles. The average molecular weight is 172 g/mol. The minimum atomic E-state index is -0.527. The molecule has 6 N–H and O–H groups in total. The summed E-state index contributed by atoms with van der Waals surface area (Å²) in [6.45, 7) is 1.27. The first-order chi connectivity index (χ1) is 5.49. The second kappa shape index (κ2) is 4.22. The average Bonchev–Trinajstić information content (AvgIpc) is 2.00. The SMILES string of the molecule is CNC(=O)/C(N)=C(/N)NC(C)=O. The van der Waals surface area contributed by atoms with Crippen LogP contribution in [0, 0.1) is 0 Å². The summed E-state index contributed by atoms with van der Waals surface area (Å²) in [5.41, 5.74) is 10.3. The Morgan fingerprint density at radius 1 is 1.25 bits per heavy atom. The Morgan fingerprint density at radius 3 is 2.08 bits per heavy atom. The van der Waals surface area contributed by atoms with Crippen molar-refractivity contribution < 1.29 is 9.59 Å². The van der Waals surface area contributed by atoms with Crippen molar-refractivity contribution in [3.63, 3.8) is 0 Å². The summed E-state index contributed by atoms with van der Waals surface area (Å²) in [6.07, 6.45) is 0. The molecule has 0 atom stereocenters. The van der Waals surface area contributed by atoms with E-state index in [0.717, 1.165) is 0 Å². The van der Waals surface area contributed by atoms with Crippen LogP contribution in [0.3, 0.4) is 0 Å². The minimum Gasteiger partial charge on any atom is -0.391 e. The highest BCUT2D eigenvalue weighted by molar-refractivity contribution is 5.93. The van der Waals surface area contributed by atoms with Gasteiger partial charge in [-0.05, 0) is 0 Å². The maximum absolute atomic E-state index is 10.8. The van der Waals surface area contributed by atoms with Crippen molar-refractivity contribution in [2.45, 2.75) is 6.92 Å². The molecule has 0 spiro atoms. The molecule has 0 saturated carbocycles. The summed E-state index contributed by atoms with van der Waals surface area (Å²) in [5.74, 6) is -1.04. The normalized spacial score (nSPS) is 11.5. The highest BCUT2D eigenvalue weighted by Crippen LogP contribution is 1.86. The zero-order valence-corrected chi connectivity index (χ0v) is 6.97. The third kappa shape index (κ3) is 2.91. The molecule has 68 valence electrons. The van der Waals surface area contributed by atoms with Crippen molar-refractivity contribution in [1.82, 2.24) is 10.6 Å². The minimum absolute atomic E-state index is 0.137. The smallest absolute Gasteiger partial charge is 0.270 e. The Labute approximate surface area is 70.0 Å². The van der Waals surface area contributed by atoms with E-state index in [4.69, 9.17) is 11.5 Å². The molecule has 0 heterocycles. The van der Waals surface area contributed by atoms with Crippen LogP contribution < -0.4 is 22.1 Å². The van der Waals surface area contributed by atoms with Crippen molar-refractivity contribution in [2.24, 2.45) is 11.5 Å². The summed E-state index contributed by atoms with van der Waals surface area (Å²) in [4.78, 5) is 21.3. The second-order valence-electron chi connectivity index (χ2n) is 2.09. The summed E-state index contributed by atoms with van der Waals surface area (Å²) in [5, 5.41) is 4.46. The molecule has 6 nitrogen and oxygen atoms in total. The van der Waals surface area contributed by atoms with Gasteiger partial charge in [-0.1, -0.05) is 0 Å². The topological polar surface area (TPSA) is 110 Å². The van der Waals surface area contributed by atoms with Crippen molar-refractivity contribution in [3.05, 3.63) is 11.5 Å². The molecule has 0 aromatic rings. The number of nitrogens with one attached hydrogen (secondary N) is 2. The molecule has 0 bridgehead atoms. The fourth-order valence-corrected chi connectivity index (χ4v) is 0.514. The van der Waals surface area contributed by atoms with E-state index in [2.05, 4.69) is 10.6 Å². The van der Waals surface area contributed by atoms with Gasteiger partial charge in [0, 0.05) is 14.0 Å². The number of hydrogen-bond acceptors (Lipinski definition) is 4. The van der Waals surface area contributed by atoms with Gasteiger partial charge in [-0.3, -0.25) is 9.59 Å². The standard InChI is InChI=1S/C6H12N4O2/c1-3(11)10-5(8)4(7)6(12)9-2/h7-8H2,1-2H3,(H,9,12)(H,10,11)/b5-4+. The van der Waals surface area contributed by atoms with Gasteiger partial charge < -0.3 is 22.1 Å². The largest absolute Gasteiger partial charge is 0.391 e. The van der Waals surface area contributed by atoms with Gasteiger partial charge in [0.05, 0.1) is 0 Å². The highest BCUT2D eigenvalue weighted by Gasteiger charge is 2.07. The molecule has 0 unspecified atom stereocenters. The summed E-state index contributed by atoms with van der Waals surface area (Å²) in [7, 11) is 1.41. The summed E-state index contributed by atoms with van der Waals surface area (Å²) in [6, 6.07) is 0. The molecule has 0 aromatic heterocycles. The number of carbonyl (C=O) groups is 2. The van der Waals surface area contributed by atoms with Crippen LogP contribution in [0.5, 0.6) is 0 Å². The maximum atomic E-state index is 10.8. The van der Waals surface area contributed by atoms with Crippen LogP contribution in [0.1, 0.15) is 6.92 Å². The molecule has 0 aliphatic rings. The maximum Gasteiger partial charge on any atom is 0.270 e. The lowest BCUT2D eigenvalue weighted by Crippen LogP contribution is -2.34. The van der Waals surface area contributed by atoms with Crippen LogP contribution >= 0.6 is 0 Å². The molecule has 6 heteroatoms. The monoisotopic (exact) mass is 172 g/mol. The van der Waals surface area contributed by atoms with Crippen LogP contribution in [-0.4, -0.2) is 18.9 Å². The second-order valence-corrected chi connectivity index (χ2v) is 2.09. The van der Waals surface area contributed by atoms with Gasteiger partial charge >= 0.3 is 0 Å². The first-order valence-electron chi connectivity index (χ1n) is 3.24. The van der Waals surface area contributed by atoms with E-state index in [-0.39, 0.29) is 17.4 Å². The lowest BCUT2D eigenvalue weighted by Gasteiger charge is -2.05. The van der Waals surface area contributed by atoms with Crippen LogP contribution in [-0.2, 0) is 9.59 Å². The quantitative estimate of drug-likeness (QED) is 0.359. The molecule has 2 amide bonds. The number of amides is 2. The van der Waals surface area contributed by atoms with Gasteiger partial charge in [0.25, 0.3) is 5.91 Å². The molecule has 0 rings (SSSR count). The van der Waals surface area contributed by atoms with Gasteiger partial charge in [-0.15, -0.1) is 0 Å². The number of nitrogens with two attached hydrogens (primary N) is 2. The lowest BCUT2D eigenvalue weighted by atomic mass is 10.4. The van der Waals surface area contributed by atoms with Gasteiger partial charge in [0.2, 0.25) is 5.91 Å². The summed E-state index contributed by atoms with van der Waals surface area (Å²) < 4.78 is 0. The van der Waals surface area contributed by atoms with Crippen molar-refractivity contribution in [2.75, 3.05) is 7.05 Å². The number of likely N-dealkylation sites (N-methyl/N-ethyl adjacent to an activating group) is 1. The Bertz CT molecular complexity index is 234. The molecule has 0 radical (unpaired) electrons. The van der Waals surface area contributed by atoms with E-state index >= 15 is 0 Å². The van der Waals surface area contributed by atoms with Crippen LogP contribution in [0.4, 0.5) is 0 Å². The first kappa shape index (κ1) is 10.3. The summed E-state index contributed by atoms with van der Waals surface area (Å²) >= 11 is 0.